The van der Waals surface area contributed by atoms with Crippen LogP contribution >= 0.6 is 0 Å². The predicted molar refractivity (Wildman–Crippen MR) is 66.6 cm³/mol. The van der Waals surface area contributed by atoms with E-state index in [1.807, 2.05) is 19.9 Å². The summed E-state index contributed by atoms with van der Waals surface area (Å²) in [6.07, 6.45) is 1.35. The van der Waals surface area contributed by atoms with E-state index in [2.05, 4.69) is 10.3 Å². The van der Waals surface area contributed by atoms with E-state index in [-0.39, 0.29) is 11.8 Å². The van der Waals surface area contributed by atoms with Gasteiger partial charge in [-0.25, -0.2) is 4.98 Å². The molecule has 2 aromatic rings. The van der Waals surface area contributed by atoms with Crippen LogP contribution in [0.5, 0.6) is 0 Å². The minimum atomic E-state index is -0.657. The molecule has 0 saturated carbocycles. The standard InChI is InChI=1S/C13H13N3O2/c1-8(2)10(6-14)13(17)16-9-3-4-11-12(5-9)18-7-15-11/h3-5,7-8,10H,1-2H3,(H,16,17). The molecule has 2 rings (SSSR count). The lowest BCUT2D eigenvalue weighted by Crippen LogP contribution is -2.25. The molecular weight excluding hydrogens is 230 g/mol. The van der Waals surface area contributed by atoms with E-state index in [0.717, 1.165) is 5.52 Å². The van der Waals surface area contributed by atoms with Crippen molar-refractivity contribution in [2.24, 2.45) is 11.8 Å². The summed E-state index contributed by atoms with van der Waals surface area (Å²) < 4.78 is 5.15. The van der Waals surface area contributed by atoms with Gasteiger partial charge in [-0.1, -0.05) is 13.8 Å². The number of aromatic nitrogens is 1. The number of fused-ring (bicyclic) bond motifs is 1. The molecule has 0 fully saturated rings. The van der Waals surface area contributed by atoms with Crippen molar-refractivity contribution in [1.82, 2.24) is 4.98 Å². The summed E-state index contributed by atoms with van der Waals surface area (Å²) in [5.41, 5.74) is 1.93. The van der Waals surface area contributed by atoms with Gasteiger partial charge in [-0.3, -0.25) is 4.79 Å². The molecule has 1 atom stereocenters. The number of oxazole rings is 1. The SMILES string of the molecule is CC(C)C(C#N)C(=O)Nc1ccc2ncoc2c1. The number of carbonyl (C=O) groups excluding carboxylic acids is 1. The van der Waals surface area contributed by atoms with E-state index < -0.39 is 5.92 Å². The first-order chi connectivity index (χ1) is 8.61. The van der Waals surface area contributed by atoms with Gasteiger partial charge in [-0.15, -0.1) is 0 Å². The summed E-state index contributed by atoms with van der Waals surface area (Å²) in [7, 11) is 0. The molecule has 92 valence electrons. The van der Waals surface area contributed by atoms with Gasteiger partial charge >= 0.3 is 0 Å². The molecule has 1 N–H and O–H groups in total. The van der Waals surface area contributed by atoms with E-state index in [1.54, 1.807) is 18.2 Å². The quantitative estimate of drug-likeness (QED) is 0.898. The van der Waals surface area contributed by atoms with Crippen molar-refractivity contribution >= 4 is 22.7 Å². The molecule has 1 aromatic heterocycles. The highest BCUT2D eigenvalue weighted by atomic mass is 16.3. The minimum Gasteiger partial charge on any atom is -0.443 e. The van der Waals surface area contributed by atoms with Crippen molar-refractivity contribution in [3.8, 4) is 6.07 Å². The van der Waals surface area contributed by atoms with E-state index in [4.69, 9.17) is 9.68 Å². The molecular formula is C13H13N3O2. The summed E-state index contributed by atoms with van der Waals surface area (Å²) in [4.78, 5) is 15.9. The Morgan fingerprint density at radius 1 is 1.50 bits per heavy atom. The van der Waals surface area contributed by atoms with Gasteiger partial charge < -0.3 is 9.73 Å². The van der Waals surface area contributed by atoms with Gasteiger partial charge in [-0.2, -0.15) is 5.26 Å². The lowest BCUT2D eigenvalue weighted by Gasteiger charge is -2.12. The van der Waals surface area contributed by atoms with E-state index in [0.29, 0.717) is 11.3 Å². The number of carbonyl (C=O) groups is 1. The Morgan fingerprint density at radius 3 is 2.94 bits per heavy atom. The topological polar surface area (TPSA) is 78.9 Å². The Morgan fingerprint density at radius 2 is 2.28 bits per heavy atom. The van der Waals surface area contributed by atoms with E-state index >= 15 is 0 Å². The average Bonchev–Trinajstić information content (AvgIpc) is 2.76. The van der Waals surface area contributed by atoms with Gasteiger partial charge in [0, 0.05) is 11.8 Å². The fourth-order valence-electron chi connectivity index (χ4n) is 1.66. The lowest BCUT2D eigenvalue weighted by molar-refractivity contribution is -0.119. The fraction of sp³-hybridized carbons (Fsp3) is 0.308. The van der Waals surface area contributed by atoms with E-state index in [9.17, 15) is 4.79 Å². The molecule has 18 heavy (non-hydrogen) atoms. The van der Waals surface area contributed by atoms with Crippen LogP contribution in [0.15, 0.2) is 29.0 Å². The normalized spacial score (nSPS) is 12.3. The first-order valence-electron chi connectivity index (χ1n) is 5.65. The zero-order chi connectivity index (χ0) is 13.1. The minimum absolute atomic E-state index is 0.0241. The van der Waals surface area contributed by atoms with Crippen LogP contribution in [0.25, 0.3) is 11.1 Å². The molecule has 0 spiro atoms. The van der Waals surface area contributed by atoms with Crippen LogP contribution < -0.4 is 5.32 Å². The summed E-state index contributed by atoms with van der Waals surface area (Å²) >= 11 is 0. The molecule has 0 aliphatic rings. The number of anilines is 1. The lowest BCUT2D eigenvalue weighted by atomic mass is 9.96. The fourth-order valence-corrected chi connectivity index (χ4v) is 1.66. The van der Waals surface area contributed by atoms with Crippen LogP contribution in [0.2, 0.25) is 0 Å². The van der Waals surface area contributed by atoms with Gasteiger partial charge in [0.15, 0.2) is 12.0 Å². The molecule has 0 radical (unpaired) electrons. The summed E-state index contributed by atoms with van der Waals surface area (Å²) in [6, 6.07) is 7.18. The summed E-state index contributed by atoms with van der Waals surface area (Å²) in [5.74, 6) is -0.981. The molecule has 1 heterocycles. The number of nitrogens with one attached hydrogen (secondary N) is 1. The number of benzene rings is 1. The zero-order valence-corrected chi connectivity index (χ0v) is 10.2. The number of amides is 1. The van der Waals surface area contributed by atoms with E-state index in [1.165, 1.54) is 6.39 Å². The number of rotatable bonds is 3. The maximum absolute atomic E-state index is 11.9. The Bertz CT molecular complexity index is 610. The van der Waals surface area contributed by atoms with Gasteiger partial charge in [0.2, 0.25) is 5.91 Å². The Labute approximate surface area is 104 Å². The highest BCUT2D eigenvalue weighted by molar-refractivity contribution is 5.95. The maximum atomic E-state index is 11.9. The Balaban J connectivity index is 2.18. The number of hydrogen-bond donors (Lipinski definition) is 1. The van der Waals surface area contributed by atoms with Crippen LogP contribution in [0.1, 0.15) is 13.8 Å². The van der Waals surface area contributed by atoms with Crippen molar-refractivity contribution < 1.29 is 9.21 Å². The average molecular weight is 243 g/mol. The number of hydrogen-bond acceptors (Lipinski definition) is 4. The van der Waals surface area contributed by atoms with Crippen LogP contribution in [0.3, 0.4) is 0 Å². The molecule has 0 aliphatic carbocycles. The largest absolute Gasteiger partial charge is 0.443 e. The van der Waals surface area contributed by atoms with Gasteiger partial charge in [-0.05, 0) is 18.1 Å². The molecule has 0 aliphatic heterocycles. The summed E-state index contributed by atoms with van der Waals surface area (Å²) in [6.45, 7) is 3.68. The third kappa shape index (κ3) is 2.33. The third-order valence-electron chi connectivity index (χ3n) is 2.69. The van der Waals surface area contributed by atoms with Crippen LogP contribution in [0.4, 0.5) is 5.69 Å². The van der Waals surface area contributed by atoms with Crippen LogP contribution in [-0.2, 0) is 4.79 Å². The second-order valence-corrected chi connectivity index (χ2v) is 4.37. The van der Waals surface area contributed by atoms with Gasteiger partial charge in [0.1, 0.15) is 11.4 Å². The number of nitrogens with zero attached hydrogens (tertiary/aromatic N) is 2. The molecule has 1 aromatic carbocycles. The van der Waals surface area contributed by atoms with Crippen molar-refractivity contribution in [3.63, 3.8) is 0 Å². The highest BCUT2D eigenvalue weighted by Gasteiger charge is 2.21. The van der Waals surface area contributed by atoms with Crippen molar-refractivity contribution in [1.29, 1.82) is 5.26 Å². The van der Waals surface area contributed by atoms with Crippen LogP contribution in [0, 0.1) is 23.2 Å². The highest BCUT2D eigenvalue weighted by Crippen LogP contribution is 2.19. The Kier molecular flexibility index (Phi) is 3.28. The zero-order valence-electron chi connectivity index (χ0n) is 10.2. The molecule has 1 unspecified atom stereocenters. The van der Waals surface area contributed by atoms with Crippen molar-refractivity contribution in [2.45, 2.75) is 13.8 Å². The molecule has 5 nitrogen and oxygen atoms in total. The van der Waals surface area contributed by atoms with Crippen molar-refractivity contribution in [3.05, 3.63) is 24.6 Å². The maximum Gasteiger partial charge on any atom is 0.241 e. The van der Waals surface area contributed by atoms with Crippen molar-refractivity contribution in [2.75, 3.05) is 5.32 Å². The Hall–Kier alpha value is -2.35. The third-order valence-corrected chi connectivity index (χ3v) is 2.69. The molecule has 1 amide bonds. The number of nitriles is 1. The van der Waals surface area contributed by atoms with Crippen LogP contribution in [-0.4, -0.2) is 10.9 Å². The molecule has 5 heteroatoms. The molecule has 0 saturated heterocycles. The molecule has 0 bridgehead atoms. The van der Waals surface area contributed by atoms with Gasteiger partial charge in [0.25, 0.3) is 0 Å². The predicted octanol–water partition coefficient (Wildman–Crippen LogP) is 2.56. The summed E-state index contributed by atoms with van der Waals surface area (Å²) in [5, 5.41) is 11.7. The smallest absolute Gasteiger partial charge is 0.241 e. The second-order valence-electron chi connectivity index (χ2n) is 4.37. The van der Waals surface area contributed by atoms with Gasteiger partial charge in [0.05, 0.1) is 6.07 Å². The first kappa shape index (κ1) is 12.1. The second kappa shape index (κ2) is 4.88. The first-order valence-corrected chi connectivity index (χ1v) is 5.65. The monoisotopic (exact) mass is 243 g/mol.